The first-order valence-electron chi connectivity index (χ1n) is 6.05. The van der Waals surface area contributed by atoms with Crippen LogP contribution in [-0.2, 0) is 14.8 Å². The molecule has 98 valence electrons. The minimum absolute atomic E-state index is 0.107. The van der Waals surface area contributed by atoms with Crippen LogP contribution >= 0.6 is 0 Å². The molecule has 0 saturated carbocycles. The largest absolute Gasteiger partial charge is 0.378 e. The highest BCUT2D eigenvalue weighted by atomic mass is 32.2. The smallest absolute Gasteiger partial charge is 0.243 e. The van der Waals surface area contributed by atoms with E-state index in [9.17, 15) is 8.42 Å². The molecule has 6 heteroatoms. The van der Waals surface area contributed by atoms with Crippen LogP contribution in [0.15, 0.2) is 35.2 Å². The van der Waals surface area contributed by atoms with Crippen LogP contribution in [-0.4, -0.2) is 51.1 Å². The molecule has 2 saturated heterocycles. The molecular weight excluding hydrogens is 252 g/mol. The molecule has 18 heavy (non-hydrogen) atoms. The fraction of sp³-hybridized carbons (Fsp3) is 0.500. The molecule has 0 spiro atoms. The Labute approximate surface area is 107 Å². The standard InChI is InChI=1S/C12H16N2O3S/c15-18(16,12-4-2-1-3-5-12)14-6-10-8-17-9-11(7-14)13-10/h1-5,10-11,13H,6-9H2. The van der Waals surface area contributed by atoms with Gasteiger partial charge in [0, 0.05) is 25.2 Å². The minimum atomic E-state index is -3.37. The maximum Gasteiger partial charge on any atom is 0.243 e. The second-order valence-electron chi connectivity index (χ2n) is 4.73. The summed E-state index contributed by atoms with van der Waals surface area (Å²) < 4.78 is 31.9. The number of nitrogens with zero attached hydrogens (tertiary/aromatic N) is 1. The third-order valence-corrected chi connectivity index (χ3v) is 5.18. The van der Waals surface area contributed by atoms with Crippen LogP contribution in [0, 0.1) is 0 Å². The summed E-state index contributed by atoms with van der Waals surface area (Å²) in [6.07, 6.45) is 0. The number of sulfonamides is 1. The van der Waals surface area contributed by atoms with E-state index in [2.05, 4.69) is 5.32 Å². The van der Waals surface area contributed by atoms with Gasteiger partial charge in [0.15, 0.2) is 0 Å². The van der Waals surface area contributed by atoms with E-state index in [0.717, 1.165) is 0 Å². The van der Waals surface area contributed by atoms with Crippen LogP contribution in [0.4, 0.5) is 0 Å². The summed E-state index contributed by atoms with van der Waals surface area (Å²) >= 11 is 0. The van der Waals surface area contributed by atoms with E-state index in [0.29, 0.717) is 31.2 Å². The Morgan fingerprint density at radius 2 is 1.72 bits per heavy atom. The van der Waals surface area contributed by atoms with Gasteiger partial charge in [-0.15, -0.1) is 0 Å². The summed E-state index contributed by atoms with van der Waals surface area (Å²) in [6.45, 7) is 2.12. The molecular formula is C12H16N2O3S. The highest BCUT2D eigenvalue weighted by Crippen LogP contribution is 2.20. The molecule has 2 fully saturated rings. The molecule has 3 rings (SSSR count). The molecule has 1 N–H and O–H groups in total. The van der Waals surface area contributed by atoms with Gasteiger partial charge in [0.2, 0.25) is 10.0 Å². The van der Waals surface area contributed by atoms with Gasteiger partial charge in [-0.3, -0.25) is 0 Å². The first-order chi connectivity index (χ1) is 8.66. The number of nitrogens with one attached hydrogen (secondary N) is 1. The van der Waals surface area contributed by atoms with Crippen molar-refractivity contribution in [3.8, 4) is 0 Å². The molecule has 5 nitrogen and oxygen atoms in total. The number of ether oxygens (including phenoxy) is 1. The van der Waals surface area contributed by atoms with Gasteiger partial charge in [-0.05, 0) is 12.1 Å². The second-order valence-corrected chi connectivity index (χ2v) is 6.67. The lowest BCUT2D eigenvalue weighted by Crippen LogP contribution is -2.63. The summed E-state index contributed by atoms with van der Waals surface area (Å²) in [6, 6.07) is 8.82. The number of fused-ring (bicyclic) bond motifs is 2. The molecule has 2 atom stereocenters. The molecule has 2 aliphatic heterocycles. The van der Waals surface area contributed by atoms with E-state index in [1.807, 2.05) is 6.07 Å². The minimum Gasteiger partial charge on any atom is -0.378 e. The van der Waals surface area contributed by atoms with Crippen molar-refractivity contribution in [1.29, 1.82) is 0 Å². The Bertz CT molecular complexity index is 505. The molecule has 0 amide bonds. The van der Waals surface area contributed by atoms with Crippen molar-refractivity contribution in [3.63, 3.8) is 0 Å². The van der Waals surface area contributed by atoms with E-state index in [4.69, 9.17) is 4.74 Å². The normalized spacial score (nSPS) is 29.1. The molecule has 2 bridgehead atoms. The summed E-state index contributed by atoms with van der Waals surface area (Å²) in [7, 11) is -3.37. The average Bonchev–Trinajstić information content (AvgIpc) is 2.39. The number of morpholine rings is 1. The van der Waals surface area contributed by atoms with Gasteiger partial charge in [-0.2, -0.15) is 4.31 Å². The van der Waals surface area contributed by atoms with E-state index in [1.54, 1.807) is 28.6 Å². The summed E-state index contributed by atoms with van der Waals surface area (Å²) in [5, 5.41) is 3.38. The van der Waals surface area contributed by atoms with Gasteiger partial charge < -0.3 is 10.1 Å². The van der Waals surface area contributed by atoms with Crippen molar-refractivity contribution in [1.82, 2.24) is 9.62 Å². The van der Waals surface area contributed by atoms with E-state index < -0.39 is 10.0 Å². The Kier molecular flexibility index (Phi) is 3.11. The summed E-state index contributed by atoms with van der Waals surface area (Å²) in [5.74, 6) is 0. The van der Waals surface area contributed by atoms with E-state index >= 15 is 0 Å². The van der Waals surface area contributed by atoms with E-state index in [-0.39, 0.29) is 12.1 Å². The quantitative estimate of drug-likeness (QED) is 0.823. The molecule has 0 aromatic heterocycles. The predicted molar refractivity (Wildman–Crippen MR) is 66.7 cm³/mol. The van der Waals surface area contributed by atoms with Gasteiger partial charge in [0.25, 0.3) is 0 Å². The van der Waals surface area contributed by atoms with Crippen LogP contribution in [0.25, 0.3) is 0 Å². The highest BCUT2D eigenvalue weighted by molar-refractivity contribution is 7.89. The fourth-order valence-corrected chi connectivity index (χ4v) is 4.05. The molecule has 0 aliphatic carbocycles. The summed E-state index contributed by atoms with van der Waals surface area (Å²) in [4.78, 5) is 0.367. The highest BCUT2D eigenvalue weighted by Gasteiger charge is 2.36. The third kappa shape index (κ3) is 2.16. The Balaban J connectivity index is 1.86. The maximum atomic E-state index is 12.5. The van der Waals surface area contributed by atoms with Crippen molar-refractivity contribution in [2.45, 2.75) is 17.0 Å². The molecule has 1 aromatic rings. The SMILES string of the molecule is O=S(=O)(c1ccccc1)N1CC2COCC(C1)N2. The van der Waals surface area contributed by atoms with Crippen LogP contribution in [0.3, 0.4) is 0 Å². The second kappa shape index (κ2) is 4.62. The lowest BCUT2D eigenvalue weighted by atomic mass is 10.1. The molecule has 2 aliphatic rings. The number of hydrogen-bond acceptors (Lipinski definition) is 4. The lowest BCUT2D eigenvalue weighted by Gasteiger charge is -2.41. The summed E-state index contributed by atoms with van der Waals surface area (Å²) in [5.41, 5.74) is 0. The molecule has 0 radical (unpaired) electrons. The molecule has 2 heterocycles. The first-order valence-corrected chi connectivity index (χ1v) is 7.49. The topological polar surface area (TPSA) is 58.6 Å². The predicted octanol–water partition coefficient (Wildman–Crippen LogP) is 0.0479. The van der Waals surface area contributed by atoms with Crippen LogP contribution in [0.1, 0.15) is 0 Å². The van der Waals surface area contributed by atoms with Crippen LogP contribution in [0.5, 0.6) is 0 Å². The van der Waals surface area contributed by atoms with Crippen LogP contribution in [0.2, 0.25) is 0 Å². The van der Waals surface area contributed by atoms with Gasteiger partial charge in [-0.1, -0.05) is 18.2 Å². The molecule has 1 aromatic carbocycles. The number of hydrogen-bond donors (Lipinski definition) is 1. The van der Waals surface area contributed by atoms with Gasteiger partial charge in [0.05, 0.1) is 18.1 Å². The van der Waals surface area contributed by atoms with E-state index in [1.165, 1.54) is 0 Å². The van der Waals surface area contributed by atoms with Crippen molar-refractivity contribution >= 4 is 10.0 Å². The monoisotopic (exact) mass is 268 g/mol. The number of rotatable bonds is 2. The average molecular weight is 268 g/mol. The van der Waals surface area contributed by atoms with Crippen molar-refractivity contribution in [3.05, 3.63) is 30.3 Å². The fourth-order valence-electron chi connectivity index (χ4n) is 2.50. The maximum absolute atomic E-state index is 12.5. The van der Waals surface area contributed by atoms with Crippen molar-refractivity contribution < 1.29 is 13.2 Å². The number of piperazine rings is 1. The Morgan fingerprint density at radius 1 is 1.11 bits per heavy atom. The van der Waals surface area contributed by atoms with Gasteiger partial charge in [-0.25, -0.2) is 8.42 Å². The third-order valence-electron chi connectivity index (χ3n) is 3.34. The Hall–Kier alpha value is -0.950. The Morgan fingerprint density at radius 3 is 2.33 bits per heavy atom. The van der Waals surface area contributed by atoms with Gasteiger partial charge in [0.1, 0.15) is 0 Å². The lowest BCUT2D eigenvalue weighted by molar-refractivity contribution is 0.0128. The zero-order valence-corrected chi connectivity index (χ0v) is 10.8. The van der Waals surface area contributed by atoms with Crippen molar-refractivity contribution in [2.75, 3.05) is 26.3 Å². The van der Waals surface area contributed by atoms with Gasteiger partial charge >= 0.3 is 0 Å². The molecule has 2 unspecified atom stereocenters. The first kappa shape index (κ1) is 12.1. The zero-order chi connectivity index (χ0) is 12.6. The zero-order valence-electron chi connectivity index (χ0n) is 9.95. The number of benzene rings is 1. The van der Waals surface area contributed by atoms with Crippen LogP contribution < -0.4 is 5.32 Å². The van der Waals surface area contributed by atoms with Crippen molar-refractivity contribution in [2.24, 2.45) is 0 Å².